The molecular weight excluding hydrogens is 176 g/mol. The quantitative estimate of drug-likeness (QED) is 0.667. The van der Waals surface area contributed by atoms with Gasteiger partial charge in [-0.1, -0.05) is 19.3 Å². The van der Waals surface area contributed by atoms with Crippen molar-refractivity contribution >= 4 is 6.03 Å². The number of nitrogens with one attached hydrogen (secondary N) is 2. The van der Waals surface area contributed by atoms with Crippen LogP contribution in [-0.4, -0.2) is 17.6 Å². The summed E-state index contributed by atoms with van der Waals surface area (Å²) in [6.45, 7) is 5.98. The fourth-order valence-electron chi connectivity index (χ4n) is 1.81. The highest BCUT2D eigenvalue weighted by molar-refractivity contribution is 5.74. The van der Waals surface area contributed by atoms with Gasteiger partial charge in [-0.3, -0.25) is 0 Å². The first-order valence-corrected chi connectivity index (χ1v) is 5.56. The van der Waals surface area contributed by atoms with E-state index in [0.717, 1.165) is 12.8 Å². The van der Waals surface area contributed by atoms with Crippen LogP contribution in [0.4, 0.5) is 4.79 Å². The molecule has 0 heterocycles. The van der Waals surface area contributed by atoms with Crippen LogP contribution in [0.25, 0.3) is 0 Å². The second-order valence-corrected chi connectivity index (χ2v) is 5.18. The Kier molecular flexibility index (Phi) is 3.78. The molecule has 2 N–H and O–H groups in total. The van der Waals surface area contributed by atoms with E-state index in [2.05, 4.69) is 10.6 Å². The van der Waals surface area contributed by atoms with Crippen molar-refractivity contribution < 1.29 is 4.79 Å². The number of urea groups is 1. The summed E-state index contributed by atoms with van der Waals surface area (Å²) in [6.07, 6.45) is 6.09. The van der Waals surface area contributed by atoms with Gasteiger partial charge >= 0.3 is 6.03 Å². The maximum absolute atomic E-state index is 11.5. The van der Waals surface area contributed by atoms with Gasteiger partial charge in [-0.15, -0.1) is 0 Å². The van der Waals surface area contributed by atoms with Crippen molar-refractivity contribution in [1.82, 2.24) is 10.6 Å². The Morgan fingerprint density at radius 2 is 1.71 bits per heavy atom. The average Bonchev–Trinajstić information content (AvgIpc) is 2.02. The van der Waals surface area contributed by atoms with Gasteiger partial charge in [-0.25, -0.2) is 4.79 Å². The Bertz CT molecular complexity index is 190. The standard InChI is InChI=1S/C11H22N2O/c1-11(2,3)13-10(14)12-9-7-5-4-6-8-9/h9H,4-8H2,1-3H3,(H2,12,13,14). The number of rotatable bonds is 1. The molecule has 0 aromatic heterocycles. The molecule has 14 heavy (non-hydrogen) atoms. The largest absolute Gasteiger partial charge is 0.335 e. The molecule has 0 aromatic carbocycles. The summed E-state index contributed by atoms with van der Waals surface area (Å²) in [6, 6.07) is 0.371. The van der Waals surface area contributed by atoms with Crippen LogP contribution in [0.1, 0.15) is 52.9 Å². The molecule has 3 nitrogen and oxygen atoms in total. The summed E-state index contributed by atoms with van der Waals surface area (Å²) < 4.78 is 0. The van der Waals surface area contributed by atoms with Gasteiger partial charge in [0.25, 0.3) is 0 Å². The molecule has 0 aliphatic heterocycles. The van der Waals surface area contributed by atoms with E-state index in [-0.39, 0.29) is 11.6 Å². The minimum Gasteiger partial charge on any atom is -0.335 e. The molecule has 0 aromatic rings. The number of carbonyl (C=O) groups is 1. The molecule has 0 unspecified atom stereocenters. The van der Waals surface area contributed by atoms with E-state index in [1.165, 1.54) is 19.3 Å². The van der Waals surface area contributed by atoms with Crippen molar-refractivity contribution in [3.05, 3.63) is 0 Å². The number of hydrogen-bond donors (Lipinski definition) is 2. The SMILES string of the molecule is CC(C)(C)NC(=O)NC1CCCCC1. The highest BCUT2D eigenvalue weighted by Gasteiger charge is 2.18. The van der Waals surface area contributed by atoms with Gasteiger partial charge in [0.05, 0.1) is 0 Å². The molecule has 1 fully saturated rings. The van der Waals surface area contributed by atoms with E-state index >= 15 is 0 Å². The summed E-state index contributed by atoms with van der Waals surface area (Å²) in [7, 11) is 0. The van der Waals surface area contributed by atoms with Crippen LogP contribution in [0.5, 0.6) is 0 Å². The highest BCUT2D eigenvalue weighted by Crippen LogP contribution is 2.17. The van der Waals surface area contributed by atoms with Crippen LogP contribution in [-0.2, 0) is 0 Å². The van der Waals surface area contributed by atoms with Crippen LogP contribution in [0, 0.1) is 0 Å². The van der Waals surface area contributed by atoms with Gasteiger partial charge in [-0.05, 0) is 33.6 Å². The van der Waals surface area contributed by atoms with Crippen molar-refractivity contribution in [3.8, 4) is 0 Å². The van der Waals surface area contributed by atoms with Gasteiger partial charge in [0, 0.05) is 11.6 Å². The van der Waals surface area contributed by atoms with Crippen LogP contribution in [0.3, 0.4) is 0 Å². The third kappa shape index (κ3) is 4.49. The van der Waals surface area contributed by atoms with Crippen LogP contribution in [0.15, 0.2) is 0 Å². The Hall–Kier alpha value is -0.730. The van der Waals surface area contributed by atoms with E-state index in [9.17, 15) is 4.79 Å². The minimum atomic E-state index is -0.140. The van der Waals surface area contributed by atoms with Crippen LogP contribution < -0.4 is 10.6 Å². The number of hydrogen-bond acceptors (Lipinski definition) is 1. The van der Waals surface area contributed by atoms with E-state index < -0.39 is 0 Å². The Morgan fingerprint density at radius 1 is 1.14 bits per heavy atom. The molecule has 3 heteroatoms. The number of amides is 2. The summed E-state index contributed by atoms with van der Waals surface area (Å²) in [5.74, 6) is 0. The molecule has 1 rings (SSSR count). The van der Waals surface area contributed by atoms with E-state index in [0.29, 0.717) is 6.04 Å². The topological polar surface area (TPSA) is 41.1 Å². The zero-order valence-electron chi connectivity index (χ0n) is 9.52. The monoisotopic (exact) mass is 198 g/mol. The molecular formula is C11H22N2O. The van der Waals surface area contributed by atoms with Gasteiger partial charge in [-0.2, -0.15) is 0 Å². The molecule has 1 saturated carbocycles. The summed E-state index contributed by atoms with van der Waals surface area (Å²) in [4.78, 5) is 11.5. The van der Waals surface area contributed by atoms with Crippen LogP contribution >= 0.6 is 0 Å². The Balaban J connectivity index is 2.25. The lowest BCUT2D eigenvalue weighted by molar-refractivity contribution is 0.224. The van der Waals surface area contributed by atoms with Gasteiger partial charge < -0.3 is 10.6 Å². The molecule has 82 valence electrons. The van der Waals surface area contributed by atoms with Crippen molar-refractivity contribution in [3.63, 3.8) is 0 Å². The van der Waals surface area contributed by atoms with E-state index in [4.69, 9.17) is 0 Å². The lowest BCUT2D eigenvalue weighted by atomic mass is 9.96. The van der Waals surface area contributed by atoms with Crippen molar-refractivity contribution in [1.29, 1.82) is 0 Å². The smallest absolute Gasteiger partial charge is 0.315 e. The molecule has 0 saturated heterocycles. The zero-order valence-corrected chi connectivity index (χ0v) is 9.52. The normalized spacial score (nSPS) is 19.1. The van der Waals surface area contributed by atoms with Gasteiger partial charge in [0.1, 0.15) is 0 Å². The predicted molar refractivity (Wildman–Crippen MR) is 58.3 cm³/mol. The van der Waals surface area contributed by atoms with Crippen molar-refractivity contribution in [2.45, 2.75) is 64.5 Å². The first-order valence-electron chi connectivity index (χ1n) is 5.56. The maximum Gasteiger partial charge on any atom is 0.315 e. The van der Waals surface area contributed by atoms with E-state index in [1.807, 2.05) is 20.8 Å². The zero-order chi connectivity index (χ0) is 10.6. The van der Waals surface area contributed by atoms with E-state index in [1.54, 1.807) is 0 Å². The molecule has 1 aliphatic rings. The number of carbonyl (C=O) groups excluding carboxylic acids is 1. The molecule has 0 bridgehead atoms. The molecule has 0 radical (unpaired) electrons. The molecule has 0 atom stereocenters. The first kappa shape index (κ1) is 11.3. The summed E-state index contributed by atoms with van der Waals surface area (Å²) in [5.41, 5.74) is -0.140. The third-order valence-corrected chi connectivity index (χ3v) is 2.43. The highest BCUT2D eigenvalue weighted by atomic mass is 16.2. The molecule has 0 spiro atoms. The Labute approximate surface area is 86.6 Å². The predicted octanol–water partition coefficient (Wildman–Crippen LogP) is 2.42. The Morgan fingerprint density at radius 3 is 2.21 bits per heavy atom. The third-order valence-electron chi connectivity index (χ3n) is 2.43. The summed E-state index contributed by atoms with van der Waals surface area (Å²) >= 11 is 0. The fraction of sp³-hybridized carbons (Fsp3) is 0.909. The second-order valence-electron chi connectivity index (χ2n) is 5.18. The lowest BCUT2D eigenvalue weighted by Gasteiger charge is -2.26. The molecule has 1 aliphatic carbocycles. The second kappa shape index (κ2) is 4.67. The van der Waals surface area contributed by atoms with Crippen LogP contribution in [0.2, 0.25) is 0 Å². The lowest BCUT2D eigenvalue weighted by Crippen LogP contribution is -2.49. The first-order chi connectivity index (χ1) is 6.47. The summed E-state index contributed by atoms with van der Waals surface area (Å²) in [5, 5.41) is 5.94. The molecule has 2 amide bonds. The average molecular weight is 198 g/mol. The van der Waals surface area contributed by atoms with Crippen molar-refractivity contribution in [2.75, 3.05) is 0 Å². The minimum absolute atomic E-state index is 0.0237. The van der Waals surface area contributed by atoms with Gasteiger partial charge in [0.15, 0.2) is 0 Å². The van der Waals surface area contributed by atoms with Gasteiger partial charge in [0.2, 0.25) is 0 Å². The fourth-order valence-corrected chi connectivity index (χ4v) is 1.81. The van der Waals surface area contributed by atoms with Crippen molar-refractivity contribution in [2.24, 2.45) is 0 Å². The maximum atomic E-state index is 11.5.